The number of rotatable bonds is 6. The fourth-order valence-electron chi connectivity index (χ4n) is 1.52. The van der Waals surface area contributed by atoms with Crippen LogP contribution in [0.5, 0.6) is 0 Å². The van der Waals surface area contributed by atoms with E-state index in [4.69, 9.17) is 12.2 Å². The lowest BCUT2D eigenvalue weighted by atomic mass is 10.2. The molecule has 5 heteroatoms. The van der Waals surface area contributed by atoms with Crippen LogP contribution in [0.4, 0.5) is 0 Å². The van der Waals surface area contributed by atoms with Gasteiger partial charge in [-0.2, -0.15) is 0 Å². The van der Waals surface area contributed by atoms with Gasteiger partial charge in [-0.3, -0.25) is 4.79 Å². The highest BCUT2D eigenvalue weighted by Gasteiger charge is 2.29. The van der Waals surface area contributed by atoms with E-state index in [2.05, 4.69) is 5.32 Å². The van der Waals surface area contributed by atoms with E-state index in [9.17, 15) is 4.79 Å². The predicted octanol–water partition coefficient (Wildman–Crippen LogP) is 2.55. The van der Waals surface area contributed by atoms with E-state index in [1.54, 1.807) is 0 Å². The molecule has 110 valence electrons. The number of hydrogen-bond donors (Lipinski definition) is 1. The number of hydrogen-bond acceptors (Lipinski definition) is 4. The van der Waals surface area contributed by atoms with Crippen molar-refractivity contribution in [2.24, 2.45) is 0 Å². The van der Waals surface area contributed by atoms with Gasteiger partial charge in [-0.1, -0.05) is 54.3 Å². The molecule has 0 aliphatic rings. The molecular weight excluding hydrogens is 288 g/mol. The highest BCUT2D eigenvalue weighted by Crippen LogP contribution is 2.29. The van der Waals surface area contributed by atoms with Crippen molar-refractivity contribution in [1.82, 2.24) is 10.2 Å². The van der Waals surface area contributed by atoms with Crippen molar-refractivity contribution in [3.05, 3.63) is 35.9 Å². The second-order valence-corrected chi connectivity index (χ2v) is 7.62. The van der Waals surface area contributed by atoms with Crippen molar-refractivity contribution in [1.29, 1.82) is 0 Å². The van der Waals surface area contributed by atoms with Crippen molar-refractivity contribution in [2.45, 2.75) is 18.6 Å². The first-order valence-electron chi connectivity index (χ1n) is 6.54. The zero-order valence-electron chi connectivity index (χ0n) is 12.5. The summed E-state index contributed by atoms with van der Waals surface area (Å²) in [6.45, 7) is 5.28. The van der Waals surface area contributed by atoms with Crippen molar-refractivity contribution in [3.63, 3.8) is 0 Å². The largest absolute Gasteiger partial charge is 0.354 e. The highest BCUT2D eigenvalue weighted by atomic mass is 32.2. The van der Waals surface area contributed by atoms with E-state index in [-0.39, 0.29) is 5.91 Å². The topological polar surface area (TPSA) is 32.3 Å². The molecule has 0 aliphatic carbocycles. The van der Waals surface area contributed by atoms with Gasteiger partial charge in [0.2, 0.25) is 5.91 Å². The van der Waals surface area contributed by atoms with Gasteiger partial charge in [0, 0.05) is 13.1 Å². The Hall–Kier alpha value is -0.910. The molecule has 1 N–H and O–H groups in total. The molecule has 0 heterocycles. The number of carbonyl (C=O) groups is 1. The minimum Gasteiger partial charge on any atom is -0.354 e. The number of likely N-dealkylation sites (N-methyl/N-ethyl adjacent to an activating group) is 1. The molecule has 0 aromatic heterocycles. The molecule has 1 aromatic carbocycles. The van der Waals surface area contributed by atoms with Gasteiger partial charge < -0.3 is 10.2 Å². The van der Waals surface area contributed by atoms with E-state index < -0.39 is 4.75 Å². The smallest absolute Gasteiger partial charge is 0.236 e. The number of carbonyl (C=O) groups excluding carboxylic acids is 1. The van der Waals surface area contributed by atoms with Crippen LogP contribution in [-0.2, 0) is 4.79 Å². The summed E-state index contributed by atoms with van der Waals surface area (Å²) in [6.07, 6.45) is 0. The molecule has 1 aromatic rings. The molecule has 1 amide bonds. The molecule has 0 aliphatic heterocycles. The Morgan fingerprint density at radius 1 is 1.30 bits per heavy atom. The molecule has 0 saturated carbocycles. The van der Waals surface area contributed by atoms with Crippen LogP contribution >= 0.6 is 24.0 Å². The van der Waals surface area contributed by atoms with E-state index >= 15 is 0 Å². The first-order chi connectivity index (χ1) is 9.33. The van der Waals surface area contributed by atoms with Gasteiger partial charge in [-0.05, 0) is 33.5 Å². The van der Waals surface area contributed by atoms with Crippen LogP contribution in [0.1, 0.15) is 19.4 Å². The second-order valence-electron chi connectivity index (χ2n) is 5.33. The molecule has 1 rings (SSSR count). The summed E-state index contributed by atoms with van der Waals surface area (Å²) >= 11 is 6.84. The number of nitrogens with one attached hydrogen (secondary N) is 1. The Kier molecular flexibility index (Phi) is 6.65. The molecule has 0 atom stereocenters. The van der Waals surface area contributed by atoms with Crippen LogP contribution in [0.3, 0.4) is 0 Å². The van der Waals surface area contributed by atoms with Crippen LogP contribution in [0.25, 0.3) is 0 Å². The first kappa shape index (κ1) is 17.1. The predicted molar refractivity (Wildman–Crippen MR) is 91.4 cm³/mol. The lowest BCUT2D eigenvalue weighted by Crippen LogP contribution is -2.42. The van der Waals surface area contributed by atoms with Gasteiger partial charge in [0.15, 0.2) is 0 Å². The van der Waals surface area contributed by atoms with E-state index in [1.165, 1.54) is 11.8 Å². The van der Waals surface area contributed by atoms with Crippen LogP contribution < -0.4 is 5.32 Å². The zero-order valence-corrected chi connectivity index (χ0v) is 14.1. The van der Waals surface area contributed by atoms with Crippen molar-refractivity contribution >= 4 is 34.1 Å². The normalized spacial score (nSPS) is 11.4. The fraction of sp³-hybridized carbons (Fsp3) is 0.467. The molecule has 0 saturated heterocycles. The minimum atomic E-state index is -0.570. The number of amides is 1. The fourth-order valence-corrected chi connectivity index (χ4v) is 3.16. The zero-order chi connectivity index (χ0) is 15.2. The number of nitrogens with zero attached hydrogens (tertiary/aromatic N) is 1. The number of benzene rings is 1. The van der Waals surface area contributed by atoms with Crippen molar-refractivity contribution in [2.75, 3.05) is 27.2 Å². The molecule has 0 fully saturated rings. The maximum atomic E-state index is 12.2. The Balaban J connectivity index is 2.56. The molecule has 0 bridgehead atoms. The Bertz CT molecular complexity index is 458. The molecule has 3 nitrogen and oxygen atoms in total. The van der Waals surface area contributed by atoms with Crippen LogP contribution in [0.2, 0.25) is 0 Å². The third kappa shape index (κ3) is 5.61. The van der Waals surface area contributed by atoms with Crippen molar-refractivity contribution in [3.8, 4) is 0 Å². The van der Waals surface area contributed by atoms with Crippen LogP contribution in [-0.4, -0.2) is 46.9 Å². The Morgan fingerprint density at radius 3 is 2.45 bits per heavy atom. The minimum absolute atomic E-state index is 0.0163. The van der Waals surface area contributed by atoms with Crippen LogP contribution in [0.15, 0.2) is 30.3 Å². The number of thiocarbonyl (C=S) groups is 1. The second kappa shape index (κ2) is 7.76. The van der Waals surface area contributed by atoms with Gasteiger partial charge in [0.25, 0.3) is 0 Å². The standard InChI is InChI=1S/C15H22N2OS2/c1-15(2,14(18)16-10-11-17(3)4)20-13(19)12-8-6-5-7-9-12/h5-9H,10-11H2,1-4H3,(H,16,18). The third-order valence-corrected chi connectivity index (χ3v) is 4.35. The summed E-state index contributed by atoms with van der Waals surface area (Å²) < 4.78 is 0.178. The molecular formula is C15H22N2OS2. The maximum absolute atomic E-state index is 12.2. The molecule has 20 heavy (non-hydrogen) atoms. The summed E-state index contributed by atoms with van der Waals surface area (Å²) in [5, 5.41) is 2.95. The van der Waals surface area contributed by atoms with Crippen LogP contribution in [0, 0.1) is 0 Å². The lowest BCUT2D eigenvalue weighted by Gasteiger charge is -2.24. The Labute approximate surface area is 131 Å². The maximum Gasteiger partial charge on any atom is 0.236 e. The number of thioether (sulfide) groups is 1. The van der Waals surface area contributed by atoms with Gasteiger partial charge >= 0.3 is 0 Å². The Morgan fingerprint density at radius 2 is 1.90 bits per heavy atom. The molecule has 0 spiro atoms. The summed E-state index contributed by atoms with van der Waals surface area (Å²) in [5.74, 6) is 0.0163. The van der Waals surface area contributed by atoms with E-state index in [1.807, 2.05) is 63.2 Å². The average molecular weight is 310 g/mol. The van der Waals surface area contributed by atoms with Gasteiger partial charge in [0.1, 0.15) is 0 Å². The quantitative estimate of drug-likeness (QED) is 0.819. The van der Waals surface area contributed by atoms with Gasteiger partial charge in [-0.15, -0.1) is 0 Å². The average Bonchev–Trinajstić information content (AvgIpc) is 2.38. The summed E-state index contributed by atoms with van der Waals surface area (Å²) in [7, 11) is 3.97. The molecule has 0 radical (unpaired) electrons. The summed E-state index contributed by atoms with van der Waals surface area (Å²) in [6, 6.07) is 9.79. The summed E-state index contributed by atoms with van der Waals surface area (Å²) in [4.78, 5) is 14.2. The first-order valence-corrected chi connectivity index (χ1v) is 7.77. The van der Waals surface area contributed by atoms with E-state index in [0.717, 1.165) is 16.3 Å². The lowest BCUT2D eigenvalue weighted by molar-refractivity contribution is -0.122. The summed E-state index contributed by atoms with van der Waals surface area (Å²) in [5.41, 5.74) is 0.988. The monoisotopic (exact) mass is 310 g/mol. The van der Waals surface area contributed by atoms with Gasteiger partial charge in [-0.25, -0.2) is 0 Å². The van der Waals surface area contributed by atoms with Crippen molar-refractivity contribution < 1.29 is 4.79 Å². The van der Waals surface area contributed by atoms with Gasteiger partial charge in [0.05, 0.1) is 8.94 Å². The SMILES string of the molecule is CN(C)CCNC(=O)C(C)(C)SC(=S)c1ccccc1. The third-order valence-electron chi connectivity index (χ3n) is 2.75. The molecule has 0 unspecified atom stereocenters. The highest BCUT2D eigenvalue weighted by molar-refractivity contribution is 8.25. The van der Waals surface area contributed by atoms with E-state index in [0.29, 0.717) is 6.54 Å².